The summed E-state index contributed by atoms with van der Waals surface area (Å²) in [6, 6.07) is 0. The van der Waals surface area contributed by atoms with Crippen molar-refractivity contribution in [1.29, 1.82) is 0 Å². The fourth-order valence-electron chi connectivity index (χ4n) is 0.550. The lowest BCUT2D eigenvalue weighted by Gasteiger charge is -2.20. The van der Waals surface area contributed by atoms with Crippen molar-refractivity contribution in [3.8, 4) is 0 Å². The molecule has 1 radical (unpaired) electrons. The molecule has 0 aromatic rings. The van der Waals surface area contributed by atoms with Crippen molar-refractivity contribution in [3.05, 3.63) is 0 Å². The Bertz CT molecular complexity index is 81.5. The molecule has 0 saturated heterocycles. The molecule has 0 N–H and O–H groups in total. The van der Waals surface area contributed by atoms with Gasteiger partial charge in [-0.3, -0.25) is 0 Å². The first-order valence-electron chi connectivity index (χ1n) is 3.03. The largest absolute Gasteiger partial charge is 0.455 e. The molecule has 4 heteroatoms. The van der Waals surface area contributed by atoms with Gasteiger partial charge in [0.25, 0.3) is 0 Å². The zero-order valence-electron chi connectivity index (χ0n) is 6.49. The Hall–Kier alpha value is 1.12. The van der Waals surface area contributed by atoms with E-state index in [1.807, 2.05) is 0 Å². The molecule has 0 aliphatic rings. The van der Waals surface area contributed by atoms with E-state index in [2.05, 4.69) is 48.8 Å². The molecule has 0 bridgehead atoms. The van der Waals surface area contributed by atoms with Crippen LogP contribution in [-0.4, -0.2) is 21.4 Å². The van der Waals surface area contributed by atoms with E-state index in [0.29, 0.717) is 0 Å². The third kappa shape index (κ3) is 7.02. The highest BCUT2D eigenvalue weighted by Crippen LogP contribution is 2.05. The van der Waals surface area contributed by atoms with E-state index >= 15 is 0 Å². The second-order valence-corrected chi connectivity index (χ2v) is 12.1. The van der Waals surface area contributed by atoms with Gasteiger partial charge in [-0.05, 0) is 26.2 Å². The Balaban J connectivity index is 3.47. The van der Waals surface area contributed by atoms with Gasteiger partial charge in [-0.15, -0.1) is 0 Å². The predicted octanol–water partition coefficient (Wildman–Crippen LogP) is 2.43. The lowest BCUT2D eigenvalue weighted by molar-refractivity contribution is 0.583. The van der Waals surface area contributed by atoms with Gasteiger partial charge in [-0.2, -0.15) is 0 Å². The summed E-state index contributed by atoms with van der Waals surface area (Å²) in [6.45, 7) is 8.96. The van der Waals surface area contributed by atoms with Gasteiger partial charge in [0.2, 0.25) is 9.04 Å². The summed E-state index contributed by atoms with van der Waals surface area (Å²) in [5, 5.41) is 0. The van der Waals surface area contributed by atoms with Gasteiger partial charge in [-0.1, -0.05) is 22.6 Å². The third-order valence-corrected chi connectivity index (χ3v) is 8.11. The van der Waals surface area contributed by atoms with Crippen LogP contribution in [0.2, 0.25) is 26.2 Å². The molecule has 0 aliphatic heterocycles. The summed E-state index contributed by atoms with van der Waals surface area (Å²) >= 11 is 2.40. The van der Waals surface area contributed by atoms with Gasteiger partial charge >= 0.3 is 0 Å². The van der Waals surface area contributed by atoms with Crippen LogP contribution in [0, 0.1) is 0 Å². The van der Waals surface area contributed by atoms with Crippen LogP contribution in [0.3, 0.4) is 0 Å². The van der Waals surface area contributed by atoms with E-state index in [1.165, 1.54) is 4.05 Å². The minimum absolute atomic E-state index is 0.438. The average molecular weight is 273 g/mol. The standard InChI is InChI=1S/C5H14IOSi2/c1-8(5-6)7-9(2,3)4/h5H2,1-4H3. The highest BCUT2D eigenvalue weighted by molar-refractivity contribution is 14.1. The summed E-state index contributed by atoms with van der Waals surface area (Å²) in [5.74, 6) is 0. The molecule has 0 heterocycles. The molecule has 1 nitrogen and oxygen atoms in total. The Morgan fingerprint density at radius 1 is 1.44 bits per heavy atom. The first-order chi connectivity index (χ1) is 3.95. The highest BCUT2D eigenvalue weighted by Gasteiger charge is 2.17. The summed E-state index contributed by atoms with van der Waals surface area (Å²) in [6.07, 6.45) is 0. The lowest BCUT2D eigenvalue weighted by atomic mass is 11.8. The van der Waals surface area contributed by atoms with Crippen LogP contribution < -0.4 is 0 Å². The van der Waals surface area contributed by atoms with E-state index in [4.69, 9.17) is 4.12 Å². The smallest absolute Gasteiger partial charge is 0.205 e. The fourth-order valence-corrected chi connectivity index (χ4v) is 6.35. The molecular weight excluding hydrogens is 259 g/mol. The Kier molecular flexibility index (Phi) is 4.61. The maximum absolute atomic E-state index is 5.82. The molecular formula is C5H14IOSi2. The fraction of sp³-hybridized carbons (Fsp3) is 1.00. The van der Waals surface area contributed by atoms with Gasteiger partial charge in [0, 0.05) is 4.05 Å². The van der Waals surface area contributed by atoms with Gasteiger partial charge in [0.05, 0.1) is 0 Å². The second-order valence-electron chi connectivity index (χ2n) is 3.05. The van der Waals surface area contributed by atoms with Crippen LogP contribution >= 0.6 is 22.6 Å². The molecule has 0 rings (SSSR count). The van der Waals surface area contributed by atoms with E-state index in [-0.39, 0.29) is 0 Å². The van der Waals surface area contributed by atoms with Crippen LogP contribution in [-0.2, 0) is 4.12 Å². The summed E-state index contributed by atoms with van der Waals surface area (Å²) in [4.78, 5) is 0. The van der Waals surface area contributed by atoms with Crippen LogP contribution in [0.1, 0.15) is 0 Å². The molecule has 0 amide bonds. The second kappa shape index (κ2) is 4.10. The number of rotatable bonds is 3. The minimum Gasteiger partial charge on any atom is -0.455 e. The van der Waals surface area contributed by atoms with E-state index in [1.54, 1.807) is 0 Å². The normalized spacial score (nSPS) is 12.7. The van der Waals surface area contributed by atoms with Gasteiger partial charge in [0.1, 0.15) is 0 Å². The number of halogens is 1. The molecule has 55 valence electrons. The molecule has 0 unspecified atom stereocenters. The highest BCUT2D eigenvalue weighted by atomic mass is 127. The molecule has 9 heavy (non-hydrogen) atoms. The van der Waals surface area contributed by atoms with E-state index in [0.717, 1.165) is 0 Å². The number of hydrogen-bond donors (Lipinski definition) is 0. The van der Waals surface area contributed by atoms with Crippen molar-refractivity contribution >= 4 is 39.9 Å². The van der Waals surface area contributed by atoms with E-state index < -0.39 is 17.4 Å². The SMILES string of the molecule is C[Si](CI)O[Si](C)(C)C. The van der Waals surface area contributed by atoms with Crippen LogP contribution in [0.25, 0.3) is 0 Å². The van der Waals surface area contributed by atoms with Crippen LogP contribution in [0.4, 0.5) is 0 Å². The lowest BCUT2D eigenvalue weighted by Crippen LogP contribution is -2.34. The summed E-state index contributed by atoms with van der Waals surface area (Å²) in [5.41, 5.74) is 0. The Morgan fingerprint density at radius 2 is 1.89 bits per heavy atom. The topological polar surface area (TPSA) is 9.23 Å². The third-order valence-electron chi connectivity index (χ3n) is 0.669. The monoisotopic (exact) mass is 273 g/mol. The predicted molar refractivity (Wildman–Crippen MR) is 54.9 cm³/mol. The zero-order chi connectivity index (χ0) is 7.49. The Labute approximate surface area is 74.2 Å². The maximum atomic E-state index is 5.82. The van der Waals surface area contributed by atoms with Gasteiger partial charge < -0.3 is 4.12 Å². The molecule has 0 aliphatic carbocycles. The first kappa shape index (κ1) is 10.1. The van der Waals surface area contributed by atoms with Crippen LogP contribution in [0.15, 0.2) is 0 Å². The molecule has 0 aromatic carbocycles. The number of alkyl halides is 1. The molecule has 0 saturated carbocycles. The first-order valence-corrected chi connectivity index (χ1v) is 10.1. The van der Waals surface area contributed by atoms with Crippen molar-refractivity contribution in [2.24, 2.45) is 0 Å². The number of hydrogen-bond acceptors (Lipinski definition) is 1. The molecule has 0 spiro atoms. The van der Waals surface area contributed by atoms with Crippen LogP contribution in [0.5, 0.6) is 0 Å². The quantitative estimate of drug-likeness (QED) is 0.436. The Morgan fingerprint density at radius 3 is 2.00 bits per heavy atom. The minimum atomic E-state index is -1.20. The van der Waals surface area contributed by atoms with Crippen molar-refractivity contribution in [2.75, 3.05) is 4.05 Å². The summed E-state index contributed by atoms with van der Waals surface area (Å²) < 4.78 is 7.02. The molecule has 0 atom stereocenters. The van der Waals surface area contributed by atoms with Crippen molar-refractivity contribution in [2.45, 2.75) is 26.2 Å². The van der Waals surface area contributed by atoms with Crippen molar-refractivity contribution in [3.63, 3.8) is 0 Å². The zero-order valence-corrected chi connectivity index (χ0v) is 10.7. The van der Waals surface area contributed by atoms with E-state index in [9.17, 15) is 0 Å². The summed E-state index contributed by atoms with van der Waals surface area (Å²) in [7, 11) is -1.64. The maximum Gasteiger partial charge on any atom is 0.205 e. The van der Waals surface area contributed by atoms with Crippen molar-refractivity contribution < 1.29 is 4.12 Å². The van der Waals surface area contributed by atoms with Gasteiger partial charge in [-0.25, -0.2) is 0 Å². The average Bonchev–Trinajstić information content (AvgIpc) is 1.62. The molecule has 0 aromatic heterocycles. The van der Waals surface area contributed by atoms with Crippen molar-refractivity contribution in [1.82, 2.24) is 0 Å². The van der Waals surface area contributed by atoms with Gasteiger partial charge in [0.15, 0.2) is 8.32 Å². The molecule has 0 fully saturated rings.